The number of amides is 1. The van der Waals surface area contributed by atoms with Gasteiger partial charge in [-0.1, -0.05) is 41.3 Å². The highest BCUT2D eigenvalue weighted by atomic mass is 32.2. The number of anilines is 1. The number of ketones is 1. The quantitative estimate of drug-likeness (QED) is 0.0591. The number of aromatic nitrogens is 2. The molecule has 0 radical (unpaired) electrons. The average Bonchev–Trinajstić information content (AvgIpc) is 3.60. The Morgan fingerprint density at radius 2 is 1.59 bits per heavy atom. The van der Waals surface area contributed by atoms with Gasteiger partial charge < -0.3 is 19.3 Å². The summed E-state index contributed by atoms with van der Waals surface area (Å²) in [6.07, 6.45) is 0. The van der Waals surface area contributed by atoms with Crippen molar-refractivity contribution in [1.82, 2.24) is 10.2 Å². The largest absolute Gasteiger partial charge is 0.507 e. The molecule has 3 aromatic carbocycles. The minimum Gasteiger partial charge on any atom is -0.507 e. The van der Waals surface area contributed by atoms with Crippen molar-refractivity contribution < 1.29 is 33.3 Å². The average molecular weight is 636 g/mol. The predicted molar refractivity (Wildman–Crippen MR) is 167 cm³/mol. The maximum Gasteiger partial charge on any atom is 0.301 e. The topological polar surface area (TPSA) is 111 Å². The van der Waals surface area contributed by atoms with Crippen LogP contribution in [0.15, 0.2) is 76.6 Å². The van der Waals surface area contributed by atoms with Gasteiger partial charge in [-0.15, -0.1) is 10.2 Å². The van der Waals surface area contributed by atoms with Crippen LogP contribution in [0.25, 0.3) is 5.76 Å². The van der Waals surface area contributed by atoms with E-state index in [0.717, 1.165) is 16.9 Å². The minimum absolute atomic E-state index is 0.0958. The van der Waals surface area contributed by atoms with E-state index in [-0.39, 0.29) is 22.3 Å². The number of carbonyl (C=O) groups excluding carboxylic acids is 2. The lowest BCUT2D eigenvalue weighted by Gasteiger charge is -2.23. The summed E-state index contributed by atoms with van der Waals surface area (Å²) in [5.41, 5.74) is 1.66. The number of ether oxygens (including phenoxy) is 3. The van der Waals surface area contributed by atoms with Gasteiger partial charge in [0.05, 0.1) is 31.4 Å². The van der Waals surface area contributed by atoms with Crippen LogP contribution in [-0.4, -0.2) is 46.8 Å². The van der Waals surface area contributed by atoms with Gasteiger partial charge in [0, 0.05) is 11.3 Å². The van der Waals surface area contributed by atoms with Gasteiger partial charge in [0.2, 0.25) is 5.13 Å². The SMILES string of the molecule is CCOc1ccc(/C(O)=C2\C(=O)C(=O)N(c3nnc(SCc4ccc(F)cc4)s3)C2c2ccc(OCC)c(OCC)c2)cc1. The second-order valence-electron chi connectivity index (χ2n) is 9.46. The zero-order valence-electron chi connectivity index (χ0n) is 24.3. The van der Waals surface area contributed by atoms with Gasteiger partial charge in [-0.3, -0.25) is 14.5 Å². The van der Waals surface area contributed by atoms with Gasteiger partial charge in [0.1, 0.15) is 17.3 Å². The number of thioether (sulfide) groups is 1. The molecule has 44 heavy (non-hydrogen) atoms. The van der Waals surface area contributed by atoms with Crippen molar-refractivity contribution >= 4 is 45.7 Å². The minimum atomic E-state index is -1.03. The smallest absolute Gasteiger partial charge is 0.301 e. The van der Waals surface area contributed by atoms with E-state index in [9.17, 15) is 19.1 Å². The molecule has 1 aliphatic heterocycles. The van der Waals surface area contributed by atoms with Crippen molar-refractivity contribution in [3.05, 3.63) is 94.8 Å². The lowest BCUT2D eigenvalue weighted by molar-refractivity contribution is -0.132. The summed E-state index contributed by atoms with van der Waals surface area (Å²) >= 11 is 2.52. The Bertz CT molecular complexity index is 1670. The Morgan fingerprint density at radius 3 is 2.27 bits per heavy atom. The molecule has 1 aliphatic rings. The molecule has 1 atom stereocenters. The summed E-state index contributed by atoms with van der Waals surface area (Å²) in [4.78, 5) is 28.5. The molecule has 1 saturated heterocycles. The highest BCUT2D eigenvalue weighted by molar-refractivity contribution is 8.00. The standard InChI is InChI=1S/C32H30FN3O6S2/c1-4-40-23-14-9-20(10-15-23)28(37)26-27(21-11-16-24(41-5-2)25(17-21)42-6-3)36(30(39)29(26)38)31-34-35-32(44-31)43-18-19-7-12-22(33)13-8-19/h7-17,27,37H,4-6,18H2,1-3H3/b28-26+. The first-order chi connectivity index (χ1) is 21.3. The van der Waals surface area contributed by atoms with Crippen LogP contribution in [0, 0.1) is 5.82 Å². The molecule has 1 unspecified atom stereocenters. The van der Waals surface area contributed by atoms with E-state index in [4.69, 9.17) is 14.2 Å². The molecule has 5 rings (SSSR count). The maximum atomic E-state index is 13.6. The fourth-order valence-electron chi connectivity index (χ4n) is 4.70. The number of rotatable bonds is 12. The maximum absolute atomic E-state index is 13.6. The Morgan fingerprint density at radius 1 is 0.909 bits per heavy atom. The Labute approximate surface area is 262 Å². The second kappa shape index (κ2) is 13.9. The van der Waals surface area contributed by atoms with Crippen LogP contribution in [0.2, 0.25) is 0 Å². The number of hydrogen-bond donors (Lipinski definition) is 1. The number of Topliss-reactive ketones (excluding diaryl/α,β-unsaturated/α-hetero) is 1. The van der Waals surface area contributed by atoms with Crippen LogP contribution in [0.3, 0.4) is 0 Å². The number of benzene rings is 3. The van der Waals surface area contributed by atoms with Crippen LogP contribution < -0.4 is 19.1 Å². The summed E-state index contributed by atoms with van der Waals surface area (Å²) in [7, 11) is 0. The van der Waals surface area contributed by atoms with E-state index in [0.29, 0.717) is 58.3 Å². The highest BCUT2D eigenvalue weighted by Crippen LogP contribution is 2.45. The first-order valence-corrected chi connectivity index (χ1v) is 15.8. The fourth-order valence-corrected chi connectivity index (χ4v) is 6.52. The molecule has 12 heteroatoms. The number of hydrogen-bond acceptors (Lipinski definition) is 10. The van der Waals surface area contributed by atoms with Crippen molar-refractivity contribution in [1.29, 1.82) is 0 Å². The van der Waals surface area contributed by atoms with Crippen molar-refractivity contribution in [2.75, 3.05) is 24.7 Å². The number of nitrogens with zero attached hydrogens (tertiary/aromatic N) is 3. The molecule has 0 spiro atoms. The van der Waals surface area contributed by atoms with Gasteiger partial charge in [-0.25, -0.2) is 4.39 Å². The molecule has 9 nitrogen and oxygen atoms in total. The molecule has 0 bridgehead atoms. The first kappa shape index (κ1) is 31.0. The Balaban J connectivity index is 1.57. The van der Waals surface area contributed by atoms with Crippen molar-refractivity contribution in [3.63, 3.8) is 0 Å². The van der Waals surface area contributed by atoms with Gasteiger partial charge in [-0.05, 0) is 80.4 Å². The number of aliphatic hydroxyl groups is 1. The molecular weight excluding hydrogens is 605 g/mol. The number of halogens is 1. The van der Waals surface area contributed by atoms with Crippen LogP contribution in [0.4, 0.5) is 9.52 Å². The van der Waals surface area contributed by atoms with Crippen LogP contribution in [-0.2, 0) is 15.3 Å². The highest BCUT2D eigenvalue weighted by Gasteiger charge is 2.48. The van der Waals surface area contributed by atoms with E-state index < -0.39 is 17.7 Å². The predicted octanol–water partition coefficient (Wildman–Crippen LogP) is 6.79. The zero-order valence-corrected chi connectivity index (χ0v) is 25.9. The summed E-state index contributed by atoms with van der Waals surface area (Å²) in [5, 5.41) is 20.2. The molecule has 1 N–H and O–H groups in total. The van der Waals surface area contributed by atoms with Gasteiger partial charge >= 0.3 is 5.91 Å². The molecule has 2 heterocycles. The molecule has 0 aliphatic carbocycles. The molecule has 1 amide bonds. The van der Waals surface area contributed by atoms with E-state index in [1.165, 1.54) is 28.8 Å². The third-order valence-corrected chi connectivity index (χ3v) is 8.77. The van der Waals surface area contributed by atoms with E-state index >= 15 is 0 Å². The number of carbonyl (C=O) groups is 2. The van der Waals surface area contributed by atoms with Crippen LogP contribution in [0.1, 0.15) is 43.5 Å². The lowest BCUT2D eigenvalue weighted by atomic mass is 9.95. The van der Waals surface area contributed by atoms with E-state index in [1.54, 1.807) is 54.6 Å². The van der Waals surface area contributed by atoms with Crippen molar-refractivity contribution in [2.24, 2.45) is 0 Å². The van der Waals surface area contributed by atoms with Gasteiger partial charge in [0.25, 0.3) is 5.78 Å². The Hall–Kier alpha value is -4.42. The third kappa shape index (κ3) is 6.56. The monoisotopic (exact) mass is 635 g/mol. The molecule has 4 aromatic rings. The van der Waals surface area contributed by atoms with Crippen LogP contribution >= 0.6 is 23.1 Å². The van der Waals surface area contributed by atoms with Gasteiger partial charge in [-0.2, -0.15) is 0 Å². The number of aliphatic hydroxyl groups excluding tert-OH is 1. The summed E-state index contributed by atoms with van der Waals surface area (Å²) in [6, 6.07) is 16.9. The fraction of sp³-hybridized carbons (Fsp3) is 0.250. The molecular formula is C32H30FN3O6S2. The van der Waals surface area contributed by atoms with Crippen molar-refractivity contribution in [3.8, 4) is 17.2 Å². The zero-order chi connectivity index (χ0) is 31.2. The lowest BCUT2D eigenvalue weighted by Crippen LogP contribution is -2.29. The van der Waals surface area contributed by atoms with E-state index in [2.05, 4.69) is 10.2 Å². The van der Waals surface area contributed by atoms with Crippen molar-refractivity contribution in [2.45, 2.75) is 36.9 Å². The molecule has 1 aromatic heterocycles. The van der Waals surface area contributed by atoms with E-state index in [1.807, 2.05) is 20.8 Å². The summed E-state index contributed by atoms with van der Waals surface area (Å²) < 4.78 is 30.9. The second-order valence-corrected chi connectivity index (χ2v) is 11.6. The summed E-state index contributed by atoms with van der Waals surface area (Å²) in [5.74, 6) is -0.298. The Kier molecular flexibility index (Phi) is 9.81. The molecule has 0 saturated carbocycles. The van der Waals surface area contributed by atoms with Crippen LogP contribution in [0.5, 0.6) is 17.2 Å². The molecule has 228 valence electrons. The molecule has 1 fully saturated rings. The summed E-state index contributed by atoms with van der Waals surface area (Å²) in [6.45, 7) is 6.81. The third-order valence-electron chi connectivity index (χ3n) is 6.64. The van der Waals surface area contributed by atoms with Gasteiger partial charge in [0.15, 0.2) is 15.8 Å². The first-order valence-electron chi connectivity index (χ1n) is 14.0. The normalized spacial score (nSPS) is 15.9.